The van der Waals surface area contributed by atoms with Crippen LogP contribution in [0.1, 0.15) is 36.2 Å². The van der Waals surface area contributed by atoms with E-state index in [2.05, 4.69) is 43.4 Å². The van der Waals surface area contributed by atoms with Gasteiger partial charge in [0.1, 0.15) is 10.3 Å². The minimum absolute atomic E-state index is 0.00998. The van der Waals surface area contributed by atoms with Crippen molar-refractivity contribution in [3.05, 3.63) is 65.4 Å². The van der Waals surface area contributed by atoms with E-state index in [1.807, 2.05) is 0 Å². The molecule has 1 aliphatic rings. The summed E-state index contributed by atoms with van der Waals surface area (Å²) >= 11 is 3.24. The molecule has 3 amide bonds. The molecule has 0 bridgehead atoms. The van der Waals surface area contributed by atoms with E-state index in [4.69, 9.17) is 0 Å². The Kier molecular flexibility index (Phi) is 7.35. The molecule has 30 heavy (non-hydrogen) atoms. The van der Waals surface area contributed by atoms with E-state index in [1.54, 1.807) is 42.5 Å². The average Bonchev–Trinajstić information content (AvgIpc) is 2.75. The molecule has 1 aromatic carbocycles. The van der Waals surface area contributed by atoms with Gasteiger partial charge in [-0.1, -0.05) is 19.1 Å². The molecule has 156 valence electrons. The molecule has 2 atom stereocenters. The molecule has 0 saturated heterocycles. The number of hydrogen-bond donors (Lipinski definition) is 3. The van der Waals surface area contributed by atoms with Crippen LogP contribution in [0.4, 0.5) is 11.4 Å². The van der Waals surface area contributed by atoms with Gasteiger partial charge in [0.25, 0.3) is 5.91 Å². The van der Waals surface area contributed by atoms with Gasteiger partial charge in [-0.3, -0.25) is 14.4 Å². The standard InChI is InChI=1S/C22H23BrN4O3/c1-2-20(28)24-17-6-3-5-14(13-17)21(29)25-15-9-11-16(12-10-15)26-22(30)18-7-4-8-19(23)27-18/h2,4,7-12,14,17H,1,3,5-6,13H2,(H,24,28)(H,25,29)(H,26,30)/t14-,17+/m1/s1. The fraction of sp³-hybridized carbons (Fsp3) is 0.273. The normalized spacial score (nSPS) is 18.2. The van der Waals surface area contributed by atoms with Gasteiger partial charge in [-0.05, 0) is 77.7 Å². The Hall–Kier alpha value is -3.00. The molecule has 1 aliphatic carbocycles. The first-order valence-corrected chi connectivity index (χ1v) is 10.5. The van der Waals surface area contributed by atoms with Crippen molar-refractivity contribution in [3.63, 3.8) is 0 Å². The van der Waals surface area contributed by atoms with Gasteiger partial charge in [0.2, 0.25) is 11.8 Å². The van der Waals surface area contributed by atoms with Crippen molar-refractivity contribution in [1.82, 2.24) is 10.3 Å². The van der Waals surface area contributed by atoms with E-state index in [1.165, 1.54) is 6.08 Å². The smallest absolute Gasteiger partial charge is 0.274 e. The molecule has 1 saturated carbocycles. The van der Waals surface area contributed by atoms with Crippen LogP contribution in [0.5, 0.6) is 0 Å². The number of amides is 3. The maximum atomic E-state index is 12.6. The zero-order chi connectivity index (χ0) is 21.5. The lowest BCUT2D eigenvalue weighted by Crippen LogP contribution is -2.40. The van der Waals surface area contributed by atoms with E-state index in [0.29, 0.717) is 28.1 Å². The molecule has 8 heteroatoms. The summed E-state index contributed by atoms with van der Waals surface area (Å²) in [5.74, 6) is -0.752. The maximum Gasteiger partial charge on any atom is 0.274 e. The summed E-state index contributed by atoms with van der Waals surface area (Å²) in [6.07, 6.45) is 4.40. The van der Waals surface area contributed by atoms with Crippen LogP contribution in [-0.4, -0.2) is 28.7 Å². The number of aromatic nitrogens is 1. The van der Waals surface area contributed by atoms with Gasteiger partial charge >= 0.3 is 0 Å². The van der Waals surface area contributed by atoms with Crippen LogP contribution in [-0.2, 0) is 9.59 Å². The Morgan fingerprint density at radius 1 is 1.03 bits per heavy atom. The van der Waals surface area contributed by atoms with Gasteiger partial charge in [-0.2, -0.15) is 0 Å². The summed E-state index contributed by atoms with van der Waals surface area (Å²) < 4.78 is 0.585. The second-order valence-corrected chi connectivity index (χ2v) is 7.95. The number of carbonyl (C=O) groups is 3. The molecule has 0 aliphatic heterocycles. The number of rotatable bonds is 6. The van der Waals surface area contributed by atoms with Crippen LogP contribution in [0.2, 0.25) is 0 Å². The average molecular weight is 471 g/mol. The first kappa shape index (κ1) is 21.7. The van der Waals surface area contributed by atoms with Crippen LogP contribution in [0.3, 0.4) is 0 Å². The highest BCUT2D eigenvalue weighted by Gasteiger charge is 2.27. The zero-order valence-corrected chi connectivity index (χ0v) is 17.9. The number of nitrogens with one attached hydrogen (secondary N) is 3. The van der Waals surface area contributed by atoms with E-state index < -0.39 is 0 Å². The SMILES string of the molecule is C=CC(=O)N[C@H]1CCC[C@@H](C(=O)Nc2ccc(NC(=O)c3cccc(Br)n3)cc2)C1. The van der Waals surface area contributed by atoms with Gasteiger partial charge in [0, 0.05) is 23.3 Å². The molecule has 1 fully saturated rings. The number of pyridine rings is 1. The van der Waals surface area contributed by atoms with Gasteiger partial charge in [0.15, 0.2) is 0 Å². The summed E-state index contributed by atoms with van der Waals surface area (Å²) in [6.45, 7) is 3.46. The lowest BCUT2D eigenvalue weighted by atomic mass is 9.85. The number of hydrogen-bond acceptors (Lipinski definition) is 4. The predicted molar refractivity (Wildman–Crippen MR) is 119 cm³/mol. The van der Waals surface area contributed by atoms with Crippen molar-refractivity contribution in [3.8, 4) is 0 Å². The maximum absolute atomic E-state index is 12.6. The minimum atomic E-state index is -0.317. The number of benzene rings is 1. The summed E-state index contributed by atoms with van der Waals surface area (Å²) in [5, 5.41) is 8.57. The Bertz CT molecular complexity index is 946. The third-order valence-electron chi connectivity index (χ3n) is 4.93. The van der Waals surface area contributed by atoms with Gasteiger partial charge < -0.3 is 16.0 Å². The predicted octanol–water partition coefficient (Wildman–Crippen LogP) is 3.90. The Labute approximate surface area is 183 Å². The molecule has 1 aromatic heterocycles. The topological polar surface area (TPSA) is 100 Å². The van der Waals surface area contributed by atoms with Crippen molar-refractivity contribution in [2.75, 3.05) is 10.6 Å². The Morgan fingerprint density at radius 3 is 2.40 bits per heavy atom. The quantitative estimate of drug-likeness (QED) is 0.440. The first-order valence-electron chi connectivity index (χ1n) is 9.72. The van der Waals surface area contributed by atoms with E-state index in [0.717, 1.165) is 19.3 Å². The molecule has 0 radical (unpaired) electrons. The van der Waals surface area contributed by atoms with Crippen molar-refractivity contribution in [1.29, 1.82) is 0 Å². The van der Waals surface area contributed by atoms with E-state index in [9.17, 15) is 14.4 Å². The summed E-state index contributed by atoms with van der Waals surface area (Å²) in [4.78, 5) is 40.5. The third kappa shape index (κ3) is 6.00. The van der Waals surface area contributed by atoms with Gasteiger partial charge in [-0.25, -0.2) is 4.98 Å². The number of nitrogens with zero attached hydrogens (tertiary/aromatic N) is 1. The van der Waals surface area contributed by atoms with Crippen molar-refractivity contribution < 1.29 is 14.4 Å². The minimum Gasteiger partial charge on any atom is -0.350 e. The second-order valence-electron chi connectivity index (χ2n) is 7.14. The number of halogens is 1. The molecule has 3 N–H and O–H groups in total. The zero-order valence-electron chi connectivity index (χ0n) is 16.4. The highest BCUT2D eigenvalue weighted by atomic mass is 79.9. The molecule has 0 spiro atoms. The summed E-state index contributed by atoms with van der Waals surface area (Å²) in [7, 11) is 0. The van der Waals surface area contributed by atoms with Crippen molar-refractivity contribution >= 4 is 45.0 Å². The monoisotopic (exact) mass is 470 g/mol. The molecule has 0 unspecified atom stereocenters. The largest absolute Gasteiger partial charge is 0.350 e. The Balaban J connectivity index is 1.54. The van der Waals surface area contributed by atoms with E-state index >= 15 is 0 Å². The molecule has 3 rings (SSSR count). The highest BCUT2D eigenvalue weighted by Crippen LogP contribution is 2.26. The third-order valence-corrected chi connectivity index (χ3v) is 5.38. The molecule has 1 heterocycles. The van der Waals surface area contributed by atoms with Crippen LogP contribution in [0.25, 0.3) is 0 Å². The van der Waals surface area contributed by atoms with Crippen molar-refractivity contribution in [2.24, 2.45) is 5.92 Å². The van der Waals surface area contributed by atoms with Crippen LogP contribution < -0.4 is 16.0 Å². The summed E-state index contributed by atoms with van der Waals surface area (Å²) in [5.41, 5.74) is 1.55. The molecule has 2 aromatic rings. The molecular formula is C22H23BrN4O3. The lowest BCUT2D eigenvalue weighted by molar-refractivity contribution is -0.122. The highest BCUT2D eigenvalue weighted by molar-refractivity contribution is 9.10. The van der Waals surface area contributed by atoms with Crippen LogP contribution in [0.15, 0.2) is 59.7 Å². The molecular weight excluding hydrogens is 448 g/mol. The summed E-state index contributed by atoms with van der Waals surface area (Å²) in [6, 6.07) is 12.0. The van der Waals surface area contributed by atoms with E-state index in [-0.39, 0.29) is 29.7 Å². The molecule has 7 nitrogen and oxygen atoms in total. The first-order chi connectivity index (χ1) is 14.4. The fourth-order valence-electron chi connectivity index (χ4n) is 3.43. The fourth-order valence-corrected chi connectivity index (χ4v) is 3.77. The Morgan fingerprint density at radius 2 is 1.73 bits per heavy atom. The number of anilines is 2. The lowest BCUT2D eigenvalue weighted by Gasteiger charge is -2.28. The van der Waals surface area contributed by atoms with Crippen LogP contribution >= 0.6 is 15.9 Å². The van der Waals surface area contributed by atoms with Gasteiger partial charge in [0.05, 0.1) is 0 Å². The van der Waals surface area contributed by atoms with Crippen molar-refractivity contribution in [2.45, 2.75) is 31.7 Å². The van der Waals surface area contributed by atoms with Crippen LogP contribution in [0, 0.1) is 5.92 Å². The second kappa shape index (κ2) is 10.2. The number of carbonyl (C=O) groups excluding carboxylic acids is 3. The van der Waals surface area contributed by atoms with Gasteiger partial charge in [-0.15, -0.1) is 0 Å².